The first kappa shape index (κ1) is 20.0. The van der Waals surface area contributed by atoms with E-state index >= 15 is 0 Å². The van der Waals surface area contributed by atoms with Crippen LogP contribution in [0.1, 0.15) is 72.6 Å². The van der Waals surface area contributed by atoms with Crippen molar-refractivity contribution in [3.8, 4) is 0 Å². The van der Waals surface area contributed by atoms with Gasteiger partial charge in [-0.3, -0.25) is 4.79 Å². The Balaban J connectivity index is 1.76. The highest BCUT2D eigenvalue weighted by Crippen LogP contribution is 2.68. The van der Waals surface area contributed by atoms with Gasteiger partial charge >= 0.3 is 5.97 Å². The summed E-state index contributed by atoms with van der Waals surface area (Å²) in [5, 5.41) is 20.2. The summed E-state index contributed by atoms with van der Waals surface area (Å²) in [5.41, 5.74) is 6.39. The van der Waals surface area contributed by atoms with E-state index in [1.807, 2.05) is 6.08 Å². The molecule has 3 fully saturated rings. The van der Waals surface area contributed by atoms with Crippen LogP contribution >= 0.6 is 0 Å². The van der Waals surface area contributed by atoms with Gasteiger partial charge in [-0.05, 0) is 92.1 Å². The Morgan fingerprint density at radius 3 is 2.68 bits per heavy atom. The number of aliphatic carboxylic acids is 1. The molecular formula is C25H36O3. The lowest BCUT2D eigenvalue weighted by molar-refractivity contribution is -0.140. The standard InChI is InChI=1S/C25H36O3/c1-5-15-13-17-20-8-7-16(14-23(27)28)24(20,3)12-11-21(17)25(4)18(6-2)22(26)10-9-19(15)25/h5,10,16-18,20-22,26H,6-8,11-14H2,1-4H3,(H,27,28)/t16?,17-,18?,20-,21+,22?,24+,25-/m0/s1. The van der Waals surface area contributed by atoms with Gasteiger partial charge in [-0.2, -0.15) is 0 Å². The van der Waals surface area contributed by atoms with Gasteiger partial charge < -0.3 is 10.2 Å². The number of hydrogen-bond acceptors (Lipinski definition) is 2. The molecule has 3 unspecified atom stereocenters. The van der Waals surface area contributed by atoms with Crippen LogP contribution in [0.2, 0.25) is 0 Å². The van der Waals surface area contributed by atoms with Gasteiger partial charge in [-0.15, -0.1) is 5.73 Å². The Morgan fingerprint density at radius 1 is 1.29 bits per heavy atom. The maximum absolute atomic E-state index is 11.5. The molecule has 0 bridgehead atoms. The number of carbonyl (C=O) groups is 1. The molecule has 3 saturated carbocycles. The minimum absolute atomic E-state index is 0.0279. The zero-order valence-corrected chi connectivity index (χ0v) is 17.9. The Bertz CT molecular complexity index is 758. The van der Waals surface area contributed by atoms with Crippen LogP contribution in [-0.2, 0) is 4.79 Å². The lowest BCUT2D eigenvalue weighted by Gasteiger charge is -2.60. The van der Waals surface area contributed by atoms with Crippen molar-refractivity contribution < 1.29 is 15.0 Å². The summed E-state index contributed by atoms with van der Waals surface area (Å²) in [6.07, 6.45) is 10.6. The molecule has 0 amide bonds. The van der Waals surface area contributed by atoms with Gasteiger partial charge in [0.2, 0.25) is 0 Å². The van der Waals surface area contributed by atoms with Crippen LogP contribution < -0.4 is 0 Å². The number of carboxylic acids is 1. The third kappa shape index (κ3) is 2.62. The van der Waals surface area contributed by atoms with Crippen LogP contribution in [0.15, 0.2) is 29.0 Å². The van der Waals surface area contributed by atoms with Crippen LogP contribution in [0.4, 0.5) is 0 Å². The highest BCUT2D eigenvalue weighted by molar-refractivity contribution is 5.67. The summed E-state index contributed by atoms with van der Waals surface area (Å²) in [7, 11) is 0. The van der Waals surface area contributed by atoms with Gasteiger partial charge in [0.1, 0.15) is 0 Å². The molecular weight excluding hydrogens is 348 g/mol. The van der Waals surface area contributed by atoms with Crippen LogP contribution in [-0.4, -0.2) is 22.3 Å². The maximum Gasteiger partial charge on any atom is 0.303 e. The fraction of sp³-hybridized carbons (Fsp3) is 0.760. The lowest BCUT2D eigenvalue weighted by Crippen LogP contribution is -2.54. The Kier molecular flexibility index (Phi) is 4.91. The molecule has 3 heteroatoms. The van der Waals surface area contributed by atoms with E-state index in [0.29, 0.717) is 30.1 Å². The predicted octanol–water partition coefficient (Wildman–Crippen LogP) is 5.36. The summed E-state index contributed by atoms with van der Waals surface area (Å²) in [6.45, 7) is 9.12. The van der Waals surface area contributed by atoms with Crippen molar-refractivity contribution in [3.63, 3.8) is 0 Å². The smallest absolute Gasteiger partial charge is 0.303 e. The minimum atomic E-state index is -0.643. The largest absolute Gasteiger partial charge is 0.481 e. The highest BCUT2D eigenvalue weighted by atomic mass is 16.4. The molecule has 0 aromatic heterocycles. The molecule has 0 heterocycles. The average molecular weight is 385 g/mol. The van der Waals surface area contributed by atoms with E-state index in [0.717, 1.165) is 38.5 Å². The summed E-state index contributed by atoms with van der Waals surface area (Å²) >= 11 is 0. The molecule has 4 rings (SSSR count). The van der Waals surface area contributed by atoms with Gasteiger partial charge in [0.05, 0.1) is 6.10 Å². The zero-order chi connectivity index (χ0) is 20.3. The quantitative estimate of drug-likeness (QED) is 0.644. The first-order valence-corrected chi connectivity index (χ1v) is 11.3. The first-order valence-electron chi connectivity index (χ1n) is 11.3. The summed E-state index contributed by atoms with van der Waals surface area (Å²) in [5.74, 6) is 1.67. The van der Waals surface area contributed by atoms with Crippen molar-refractivity contribution in [1.82, 2.24) is 0 Å². The molecule has 0 saturated heterocycles. The molecule has 0 aromatic carbocycles. The third-order valence-corrected chi connectivity index (χ3v) is 9.51. The highest BCUT2D eigenvalue weighted by Gasteiger charge is 2.61. The molecule has 4 aliphatic rings. The number of rotatable bonds is 3. The Labute approximate surface area is 169 Å². The van der Waals surface area contributed by atoms with Crippen molar-refractivity contribution in [2.45, 2.75) is 78.7 Å². The minimum Gasteiger partial charge on any atom is -0.481 e. The van der Waals surface area contributed by atoms with Gasteiger partial charge in [0, 0.05) is 17.4 Å². The Morgan fingerprint density at radius 2 is 2.04 bits per heavy atom. The van der Waals surface area contributed by atoms with Crippen molar-refractivity contribution in [1.29, 1.82) is 0 Å². The second kappa shape index (κ2) is 6.89. The maximum atomic E-state index is 11.5. The number of carboxylic acid groups (broad SMARTS) is 1. The van der Waals surface area contributed by atoms with E-state index in [1.165, 1.54) is 11.1 Å². The van der Waals surface area contributed by atoms with Crippen LogP contribution in [0.25, 0.3) is 0 Å². The van der Waals surface area contributed by atoms with E-state index in [4.69, 9.17) is 0 Å². The second-order valence-corrected chi connectivity index (χ2v) is 10.3. The van der Waals surface area contributed by atoms with Crippen molar-refractivity contribution >= 4 is 5.97 Å². The van der Waals surface area contributed by atoms with E-state index in [1.54, 1.807) is 0 Å². The lowest BCUT2D eigenvalue weighted by atomic mass is 9.44. The summed E-state index contributed by atoms with van der Waals surface area (Å²) in [6, 6.07) is 0. The van der Waals surface area contributed by atoms with Crippen molar-refractivity contribution in [3.05, 3.63) is 29.0 Å². The van der Waals surface area contributed by atoms with Crippen LogP contribution in [0.3, 0.4) is 0 Å². The van der Waals surface area contributed by atoms with E-state index in [9.17, 15) is 15.0 Å². The number of fused-ring (bicyclic) bond motifs is 5. The number of hydrogen-bond donors (Lipinski definition) is 2. The van der Waals surface area contributed by atoms with Crippen molar-refractivity contribution in [2.75, 3.05) is 0 Å². The fourth-order valence-electron chi connectivity index (χ4n) is 8.13. The molecule has 3 nitrogen and oxygen atoms in total. The van der Waals surface area contributed by atoms with E-state index in [2.05, 4.69) is 39.5 Å². The fourth-order valence-corrected chi connectivity index (χ4v) is 8.13. The van der Waals surface area contributed by atoms with Crippen LogP contribution in [0.5, 0.6) is 0 Å². The number of aliphatic hydroxyl groups excluding tert-OH is 1. The monoisotopic (exact) mass is 384 g/mol. The summed E-state index contributed by atoms with van der Waals surface area (Å²) < 4.78 is 0. The Hall–Kier alpha value is -1.31. The molecule has 0 spiro atoms. The second-order valence-electron chi connectivity index (χ2n) is 10.3. The third-order valence-electron chi connectivity index (χ3n) is 9.51. The van der Waals surface area contributed by atoms with Gasteiger partial charge in [0.15, 0.2) is 0 Å². The molecule has 0 aromatic rings. The topological polar surface area (TPSA) is 57.5 Å². The number of allylic oxidation sites excluding steroid dienone is 2. The molecule has 0 aliphatic heterocycles. The molecule has 8 atom stereocenters. The zero-order valence-electron chi connectivity index (χ0n) is 17.9. The molecule has 0 radical (unpaired) electrons. The SMILES string of the molecule is CC=C1C[C@@H]2[C@@H](CC[C@]3(C)C(CC(=O)O)CC[C@@H]23)[C@]2(C)C1=C=CC(O)C2CC. The van der Waals surface area contributed by atoms with Gasteiger partial charge in [0.25, 0.3) is 0 Å². The van der Waals surface area contributed by atoms with Crippen LogP contribution in [0, 0.1) is 40.4 Å². The predicted molar refractivity (Wildman–Crippen MR) is 111 cm³/mol. The van der Waals surface area contributed by atoms with E-state index < -0.39 is 12.1 Å². The van der Waals surface area contributed by atoms with E-state index in [-0.39, 0.29) is 16.7 Å². The van der Waals surface area contributed by atoms with Crippen molar-refractivity contribution in [2.24, 2.45) is 40.4 Å². The van der Waals surface area contributed by atoms with Gasteiger partial charge in [-0.1, -0.05) is 26.8 Å². The van der Waals surface area contributed by atoms with Gasteiger partial charge in [-0.25, -0.2) is 0 Å². The molecule has 154 valence electrons. The first-order chi connectivity index (χ1) is 13.3. The average Bonchev–Trinajstić information content (AvgIpc) is 2.96. The molecule has 4 aliphatic carbocycles. The normalized spacial score (nSPS) is 48.6. The summed E-state index contributed by atoms with van der Waals surface area (Å²) in [4.78, 5) is 11.5. The number of aliphatic hydroxyl groups is 1. The molecule has 2 N–H and O–H groups in total. The molecule has 28 heavy (non-hydrogen) atoms.